The van der Waals surface area contributed by atoms with Crippen LogP contribution in [0.1, 0.15) is 71.9 Å². The molecule has 0 amide bonds. The van der Waals surface area contributed by atoms with E-state index in [-0.39, 0.29) is 11.1 Å². The first-order valence-electron chi connectivity index (χ1n) is 15.8. The smallest absolute Gasteiger partial charge is 0.422 e. The number of unbranched alkanes of at least 4 members (excludes halogenated alkanes) is 5. The average Bonchev–Trinajstić information content (AvgIpc) is 3.11. The van der Waals surface area contributed by atoms with E-state index in [9.17, 15) is 61.5 Å². The van der Waals surface area contributed by atoms with Gasteiger partial charge in [0, 0.05) is 11.1 Å². The van der Waals surface area contributed by atoms with E-state index in [2.05, 4.69) is 11.8 Å². The molecule has 0 N–H and O–H groups in total. The predicted octanol–water partition coefficient (Wildman–Crippen LogP) is 11.4. The molecule has 16 heteroatoms. The van der Waals surface area contributed by atoms with Gasteiger partial charge in [-0.2, -0.15) is 26.3 Å². The summed E-state index contributed by atoms with van der Waals surface area (Å²) in [5.74, 6) is -10.4. The number of rotatable bonds is 11. The van der Waals surface area contributed by atoms with Crippen molar-refractivity contribution in [2.24, 2.45) is 0 Å². The Morgan fingerprint density at radius 2 is 0.648 bits per heavy atom. The van der Waals surface area contributed by atoms with Gasteiger partial charge in [0.1, 0.15) is 33.8 Å². The summed E-state index contributed by atoms with van der Waals surface area (Å²) in [7, 11) is 0. The van der Waals surface area contributed by atoms with Crippen LogP contribution in [-0.2, 0) is 12.4 Å². The highest BCUT2D eigenvalue weighted by Crippen LogP contribution is 2.38. The van der Waals surface area contributed by atoms with E-state index in [0.717, 1.165) is 25.7 Å². The molecule has 0 bridgehead atoms. The van der Waals surface area contributed by atoms with E-state index in [1.807, 2.05) is 11.8 Å². The van der Waals surface area contributed by atoms with Crippen LogP contribution >= 0.6 is 0 Å². The van der Waals surface area contributed by atoms with E-state index in [1.54, 1.807) is 0 Å². The van der Waals surface area contributed by atoms with Crippen molar-refractivity contribution < 1.29 is 70.9 Å². The van der Waals surface area contributed by atoms with E-state index >= 15 is 0 Å². The Morgan fingerprint density at radius 3 is 0.926 bits per heavy atom. The fraction of sp³-hybridized carbons (Fsp3) is 0.263. The zero-order valence-electron chi connectivity index (χ0n) is 27.4. The molecule has 286 valence electrons. The summed E-state index contributed by atoms with van der Waals surface area (Å²) in [6, 6.07) is 11.4. The Bertz CT molecular complexity index is 1870. The molecular weight excluding hydrogens is 754 g/mol. The molecule has 4 rings (SSSR count). The van der Waals surface area contributed by atoms with Gasteiger partial charge >= 0.3 is 12.4 Å². The highest BCUT2D eigenvalue weighted by molar-refractivity contribution is 5.49. The van der Waals surface area contributed by atoms with Crippen LogP contribution in [0.15, 0.2) is 48.5 Å². The van der Waals surface area contributed by atoms with Gasteiger partial charge in [0.15, 0.2) is 46.5 Å². The highest BCUT2D eigenvalue weighted by atomic mass is 19.4. The van der Waals surface area contributed by atoms with Crippen molar-refractivity contribution in [3.63, 3.8) is 0 Å². The Labute approximate surface area is 298 Å². The normalized spacial score (nSPS) is 11.4. The van der Waals surface area contributed by atoms with Crippen LogP contribution in [-0.4, -0.2) is 13.2 Å². The Balaban J connectivity index is 1.13. The van der Waals surface area contributed by atoms with Crippen LogP contribution in [0.3, 0.4) is 0 Å². The number of alkyl halides is 6. The summed E-state index contributed by atoms with van der Waals surface area (Å²) in [5.41, 5.74) is -8.04. The third-order valence-electron chi connectivity index (χ3n) is 7.54. The van der Waals surface area contributed by atoms with E-state index in [1.165, 1.54) is 48.5 Å². The minimum atomic E-state index is -5.66. The molecule has 2 nitrogen and oxygen atoms in total. The number of hydrogen-bond acceptors (Lipinski definition) is 2. The Hall–Kier alpha value is -5.38. The summed E-state index contributed by atoms with van der Waals surface area (Å²) in [5, 5.41) is 0. The molecule has 0 aliphatic carbocycles. The van der Waals surface area contributed by atoms with Crippen molar-refractivity contribution in [3.05, 3.63) is 128 Å². The average molecular weight is 779 g/mol. The number of benzene rings is 4. The van der Waals surface area contributed by atoms with Gasteiger partial charge in [0.25, 0.3) is 0 Å². The summed E-state index contributed by atoms with van der Waals surface area (Å²) in [6.07, 6.45) is -6.45. The maximum Gasteiger partial charge on any atom is 0.422 e. The maximum absolute atomic E-state index is 14.0. The zero-order chi connectivity index (χ0) is 39.8. The van der Waals surface area contributed by atoms with Crippen molar-refractivity contribution in [1.82, 2.24) is 0 Å². The first-order chi connectivity index (χ1) is 25.4. The van der Waals surface area contributed by atoms with Gasteiger partial charge in [-0.3, -0.25) is 0 Å². The largest absolute Gasteiger partial charge is 0.494 e. The molecule has 0 saturated carbocycles. The monoisotopic (exact) mass is 778 g/mol. The van der Waals surface area contributed by atoms with Gasteiger partial charge in [0.2, 0.25) is 0 Å². The number of halogens is 14. The molecule has 0 saturated heterocycles. The molecule has 0 unspecified atom stereocenters. The molecule has 4 aromatic carbocycles. The lowest BCUT2D eigenvalue weighted by Crippen LogP contribution is -2.16. The second-order valence-electron chi connectivity index (χ2n) is 11.4. The van der Waals surface area contributed by atoms with Crippen LogP contribution < -0.4 is 9.47 Å². The molecule has 0 atom stereocenters. The molecule has 0 radical (unpaired) electrons. The Kier molecular flexibility index (Phi) is 13.5. The minimum absolute atomic E-state index is 0.139. The van der Waals surface area contributed by atoms with Crippen LogP contribution in [0.4, 0.5) is 61.5 Å². The SMILES string of the molecule is Fc1c(F)c(C(F)(F)F)c(F)c(F)c1C#Cc1ccc(OCCCCCCCCOc2ccc(C#Cc3c(F)c(F)c(C(F)(F)F)c(F)c3F)cc2)cc1. The summed E-state index contributed by atoms with van der Waals surface area (Å²) < 4.78 is 199. The summed E-state index contributed by atoms with van der Waals surface area (Å²) in [6.45, 7) is 0.716. The van der Waals surface area contributed by atoms with E-state index in [4.69, 9.17) is 9.47 Å². The standard InChI is InChI=1S/C38H24F14O2/c39-29-25(30(40)34(44)27(33(29)43)37(47,48)49)17-11-21-7-13-23(14-8-21)53-19-5-3-1-2-4-6-20-54-24-15-9-22(10-16-24)12-18-26-31(41)35(45)28(38(50,51)52)36(46)32(26)42/h7-10,13-16H,1-6,19-20H2. The van der Waals surface area contributed by atoms with Crippen LogP contribution in [0.2, 0.25) is 0 Å². The lowest BCUT2D eigenvalue weighted by Gasteiger charge is -2.11. The molecule has 0 aromatic heterocycles. The summed E-state index contributed by atoms with van der Waals surface area (Å²) in [4.78, 5) is 0. The molecule has 54 heavy (non-hydrogen) atoms. The van der Waals surface area contributed by atoms with Crippen LogP contribution in [0, 0.1) is 70.2 Å². The van der Waals surface area contributed by atoms with E-state index < -0.39 is 81.1 Å². The highest BCUT2D eigenvalue weighted by Gasteiger charge is 2.43. The first-order valence-corrected chi connectivity index (χ1v) is 15.8. The predicted molar refractivity (Wildman–Crippen MR) is 166 cm³/mol. The zero-order valence-corrected chi connectivity index (χ0v) is 27.4. The second kappa shape index (κ2) is 17.6. The first kappa shape index (κ1) is 41.4. The van der Waals surface area contributed by atoms with Crippen molar-refractivity contribution in [2.75, 3.05) is 13.2 Å². The molecule has 0 fully saturated rings. The topological polar surface area (TPSA) is 18.5 Å². The molecule has 0 aliphatic rings. The quantitative estimate of drug-likeness (QED) is 0.0653. The van der Waals surface area contributed by atoms with Crippen molar-refractivity contribution in [1.29, 1.82) is 0 Å². The Morgan fingerprint density at radius 1 is 0.370 bits per heavy atom. The van der Waals surface area contributed by atoms with Gasteiger partial charge in [-0.05, 0) is 61.4 Å². The van der Waals surface area contributed by atoms with Crippen LogP contribution in [0.5, 0.6) is 11.5 Å². The fourth-order valence-electron chi connectivity index (χ4n) is 4.81. The molecule has 0 heterocycles. The lowest BCUT2D eigenvalue weighted by molar-refractivity contribution is -0.144. The van der Waals surface area contributed by atoms with Gasteiger partial charge in [0.05, 0.1) is 13.2 Å². The van der Waals surface area contributed by atoms with Gasteiger partial charge < -0.3 is 9.47 Å². The lowest BCUT2D eigenvalue weighted by atomic mass is 10.1. The summed E-state index contributed by atoms with van der Waals surface area (Å²) >= 11 is 0. The number of hydrogen-bond donors (Lipinski definition) is 0. The maximum atomic E-state index is 14.0. The minimum Gasteiger partial charge on any atom is -0.494 e. The van der Waals surface area contributed by atoms with Crippen LogP contribution in [0.25, 0.3) is 0 Å². The second-order valence-corrected chi connectivity index (χ2v) is 11.4. The molecular formula is C38H24F14O2. The van der Waals surface area contributed by atoms with E-state index in [0.29, 0.717) is 37.6 Å². The molecule has 0 spiro atoms. The van der Waals surface area contributed by atoms with Crippen molar-refractivity contribution in [2.45, 2.75) is 50.9 Å². The molecule has 0 aliphatic heterocycles. The third kappa shape index (κ3) is 10.2. The van der Waals surface area contributed by atoms with Gasteiger partial charge in [-0.1, -0.05) is 49.4 Å². The third-order valence-corrected chi connectivity index (χ3v) is 7.54. The van der Waals surface area contributed by atoms with Crippen molar-refractivity contribution >= 4 is 0 Å². The van der Waals surface area contributed by atoms with Crippen molar-refractivity contribution in [3.8, 4) is 35.2 Å². The number of ether oxygens (including phenoxy) is 2. The fourth-order valence-corrected chi connectivity index (χ4v) is 4.81. The molecule has 4 aromatic rings. The van der Waals surface area contributed by atoms with Gasteiger partial charge in [-0.25, -0.2) is 35.1 Å². The van der Waals surface area contributed by atoms with Gasteiger partial charge in [-0.15, -0.1) is 0 Å².